The molecule has 0 unspecified atom stereocenters. The van der Waals surface area contributed by atoms with Crippen molar-refractivity contribution in [2.24, 2.45) is 0 Å². The van der Waals surface area contributed by atoms with Gasteiger partial charge in [0, 0.05) is 22.0 Å². The lowest BCUT2D eigenvalue weighted by atomic mass is 10.1. The lowest BCUT2D eigenvalue weighted by molar-refractivity contribution is 0.594. The van der Waals surface area contributed by atoms with Gasteiger partial charge >= 0.3 is 0 Å². The zero-order valence-corrected chi connectivity index (χ0v) is 20.7. The smallest absolute Gasteiger partial charge is 0.203 e. The number of rotatable bonds is 6. The summed E-state index contributed by atoms with van der Waals surface area (Å²) in [7, 11) is 0. The highest BCUT2D eigenvalue weighted by Gasteiger charge is 2.11. The minimum atomic E-state index is 0. The first kappa shape index (κ1) is 22.1. The Hall–Kier alpha value is -1.63. The Bertz CT molecular complexity index is 1090. The van der Waals surface area contributed by atoms with Crippen LogP contribution in [0.15, 0.2) is 81.7 Å². The summed E-state index contributed by atoms with van der Waals surface area (Å²) in [5, 5.41) is 8.82. The number of hydrogen-bond acceptors (Lipinski definition) is 1. The van der Waals surface area contributed by atoms with Crippen molar-refractivity contribution in [2.75, 3.05) is 0 Å². The molecule has 0 aliphatic heterocycles. The molecule has 4 aromatic rings. The van der Waals surface area contributed by atoms with Gasteiger partial charge in [0.15, 0.2) is 0 Å². The maximum atomic E-state index is 8.82. The highest BCUT2D eigenvalue weighted by Crippen LogP contribution is 2.20. The van der Waals surface area contributed by atoms with Crippen LogP contribution in [0, 0.1) is 5.41 Å². The molecule has 1 aromatic heterocycles. The molecule has 3 nitrogen and oxygen atoms in total. The van der Waals surface area contributed by atoms with E-state index in [9.17, 15) is 0 Å². The standard InChI is InChI=1S/C23H21Br2N3.BrH/c24-19-9-3-1-7-17(19)13-15-27-21-11-5-6-12-22(21)28(23(27)26)16-14-18-8-2-4-10-20(18)25;/h1-12,26H,13-16H2;1H. The van der Waals surface area contributed by atoms with Crippen LogP contribution in [0.1, 0.15) is 11.1 Å². The fourth-order valence-electron chi connectivity index (χ4n) is 3.61. The van der Waals surface area contributed by atoms with Crippen molar-refractivity contribution in [1.82, 2.24) is 9.13 Å². The number of para-hydroxylation sites is 2. The Balaban J connectivity index is 0.00000240. The molecule has 0 aliphatic carbocycles. The number of imidazole rings is 1. The molecule has 0 aliphatic rings. The number of benzene rings is 3. The zero-order chi connectivity index (χ0) is 19.5. The van der Waals surface area contributed by atoms with Gasteiger partial charge in [-0.25, -0.2) is 0 Å². The molecule has 0 saturated carbocycles. The first-order valence-electron chi connectivity index (χ1n) is 9.34. The van der Waals surface area contributed by atoms with Crippen molar-refractivity contribution >= 4 is 59.9 Å². The molecule has 6 heteroatoms. The van der Waals surface area contributed by atoms with Crippen LogP contribution in [-0.2, 0) is 25.9 Å². The second-order valence-electron chi connectivity index (χ2n) is 6.80. The van der Waals surface area contributed by atoms with Crippen molar-refractivity contribution < 1.29 is 0 Å². The molecule has 0 bridgehead atoms. The number of nitrogens with one attached hydrogen (secondary N) is 1. The quantitative estimate of drug-likeness (QED) is 0.270. The summed E-state index contributed by atoms with van der Waals surface area (Å²) in [5.41, 5.74) is 5.32. The average Bonchev–Trinajstić information content (AvgIpc) is 2.98. The van der Waals surface area contributed by atoms with E-state index in [-0.39, 0.29) is 17.0 Å². The summed E-state index contributed by atoms with van der Waals surface area (Å²) in [4.78, 5) is 0. The lowest BCUT2D eigenvalue weighted by Crippen LogP contribution is -2.26. The van der Waals surface area contributed by atoms with E-state index in [0.29, 0.717) is 5.62 Å². The SMILES string of the molecule is Br.N=c1n(CCc2ccccc2Br)c2ccccc2n1CCc1ccccc1Br. The molecule has 0 amide bonds. The molecule has 0 spiro atoms. The highest BCUT2D eigenvalue weighted by atomic mass is 79.9. The minimum Gasteiger partial charge on any atom is -0.310 e. The van der Waals surface area contributed by atoms with E-state index in [4.69, 9.17) is 5.41 Å². The van der Waals surface area contributed by atoms with Crippen molar-refractivity contribution in [2.45, 2.75) is 25.9 Å². The zero-order valence-electron chi connectivity index (χ0n) is 15.8. The van der Waals surface area contributed by atoms with Crippen molar-refractivity contribution in [3.8, 4) is 0 Å². The van der Waals surface area contributed by atoms with Crippen molar-refractivity contribution in [1.29, 1.82) is 5.41 Å². The molecular formula is C23H22Br3N3. The number of fused-ring (bicyclic) bond motifs is 1. The number of aromatic nitrogens is 2. The monoisotopic (exact) mass is 577 g/mol. The van der Waals surface area contributed by atoms with Crippen LogP contribution >= 0.6 is 48.8 Å². The second kappa shape index (κ2) is 9.92. The van der Waals surface area contributed by atoms with E-state index in [1.807, 2.05) is 12.1 Å². The van der Waals surface area contributed by atoms with Crippen LogP contribution in [0.4, 0.5) is 0 Å². The molecule has 1 heterocycles. The van der Waals surface area contributed by atoms with Crippen LogP contribution < -0.4 is 5.62 Å². The molecule has 0 radical (unpaired) electrons. The van der Waals surface area contributed by atoms with Gasteiger partial charge in [0.2, 0.25) is 5.62 Å². The minimum absolute atomic E-state index is 0. The topological polar surface area (TPSA) is 33.7 Å². The van der Waals surface area contributed by atoms with Gasteiger partial charge in [-0.1, -0.05) is 80.4 Å². The number of hydrogen-bond donors (Lipinski definition) is 1. The fourth-order valence-corrected chi connectivity index (χ4v) is 4.58. The van der Waals surface area contributed by atoms with Crippen LogP contribution in [-0.4, -0.2) is 9.13 Å². The van der Waals surface area contributed by atoms with E-state index in [0.717, 1.165) is 45.9 Å². The summed E-state index contributed by atoms with van der Waals surface area (Å²) >= 11 is 7.27. The number of aryl methyl sites for hydroxylation is 4. The Morgan fingerprint density at radius 2 is 1.00 bits per heavy atom. The van der Waals surface area contributed by atoms with E-state index in [1.165, 1.54) is 11.1 Å². The van der Waals surface area contributed by atoms with Gasteiger partial charge in [0.05, 0.1) is 11.0 Å². The number of nitrogens with zero attached hydrogens (tertiary/aromatic N) is 2. The number of halogens is 3. The van der Waals surface area contributed by atoms with Gasteiger partial charge < -0.3 is 9.13 Å². The predicted molar refractivity (Wildman–Crippen MR) is 132 cm³/mol. The van der Waals surface area contributed by atoms with Crippen LogP contribution in [0.25, 0.3) is 11.0 Å². The van der Waals surface area contributed by atoms with Crippen molar-refractivity contribution in [3.63, 3.8) is 0 Å². The third-order valence-corrected chi connectivity index (χ3v) is 6.65. The molecule has 0 saturated heterocycles. The molecule has 0 fully saturated rings. The van der Waals surface area contributed by atoms with Crippen LogP contribution in [0.2, 0.25) is 0 Å². The van der Waals surface area contributed by atoms with E-state index >= 15 is 0 Å². The molecule has 29 heavy (non-hydrogen) atoms. The van der Waals surface area contributed by atoms with Gasteiger partial charge in [-0.05, 0) is 48.2 Å². The molecular weight excluding hydrogens is 558 g/mol. The molecule has 1 N–H and O–H groups in total. The average molecular weight is 580 g/mol. The maximum Gasteiger partial charge on any atom is 0.203 e. The van der Waals surface area contributed by atoms with E-state index in [2.05, 4.69) is 102 Å². The van der Waals surface area contributed by atoms with Crippen LogP contribution in [0.5, 0.6) is 0 Å². The summed E-state index contributed by atoms with van der Waals surface area (Å²) in [6, 6.07) is 24.9. The third kappa shape index (κ3) is 4.76. The van der Waals surface area contributed by atoms with E-state index < -0.39 is 0 Å². The second-order valence-corrected chi connectivity index (χ2v) is 8.51. The fraction of sp³-hybridized carbons (Fsp3) is 0.174. The van der Waals surface area contributed by atoms with Gasteiger partial charge in [-0.3, -0.25) is 5.41 Å². The van der Waals surface area contributed by atoms with Crippen LogP contribution in [0.3, 0.4) is 0 Å². The Morgan fingerprint density at radius 3 is 1.41 bits per heavy atom. The molecule has 0 atom stereocenters. The summed E-state index contributed by atoms with van der Waals surface area (Å²) in [6.45, 7) is 1.56. The third-order valence-electron chi connectivity index (χ3n) is 5.10. The molecule has 3 aromatic carbocycles. The van der Waals surface area contributed by atoms with Gasteiger partial charge in [0.25, 0.3) is 0 Å². The largest absolute Gasteiger partial charge is 0.310 e. The first-order chi connectivity index (χ1) is 13.6. The summed E-state index contributed by atoms with van der Waals surface area (Å²) < 4.78 is 6.49. The highest BCUT2D eigenvalue weighted by molar-refractivity contribution is 9.10. The molecule has 150 valence electrons. The predicted octanol–water partition coefficient (Wildman–Crippen LogP) is 6.51. The van der Waals surface area contributed by atoms with Gasteiger partial charge in [0.1, 0.15) is 0 Å². The van der Waals surface area contributed by atoms with E-state index in [1.54, 1.807) is 0 Å². The normalized spacial score (nSPS) is 10.8. The van der Waals surface area contributed by atoms with Gasteiger partial charge in [-0.2, -0.15) is 0 Å². The molecule has 4 rings (SSSR count). The van der Waals surface area contributed by atoms with Crippen molar-refractivity contribution in [3.05, 3.63) is 98.5 Å². The first-order valence-corrected chi connectivity index (χ1v) is 10.9. The summed E-state index contributed by atoms with van der Waals surface area (Å²) in [5.74, 6) is 0. The Labute approximate surface area is 197 Å². The van der Waals surface area contributed by atoms with Gasteiger partial charge in [-0.15, -0.1) is 17.0 Å². The lowest BCUT2D eigenvalue weighted by Gasteiger charge is -2.08. The Kier molecular flexibility index (Phi) is 7.55. The summed E-state index contributed by atoms with van der Waals surface area (Å²) in [6.07, 6.45) is 1.77. The Morgan fingerprint density at radius 1 is 0.621 bits per heavy atom. The maximum absolute atomic E-state index is 8.82.